The van der Waals surface area contributed by atoms with Crippen LogP contribution in [0.5, 0.6) is 5.75 Å². The number of hydrogen-bond acceptors (Lipinski definition) is 3. The van der Waals surface area contributed by atoms with Crippen molar-refractivity contribution in [3.05, 3.63) is 65.7 Å². The van der Waals surface area contributed by atoms with Gasteiger partial charge in [0, 0.05) is 6.54 Å². The Morgan fingerprint density at radius 2 is 1.75 bits per heavy atom. The Balaban J connectivity index is 1.87. The zero-order valence-electron chi connectivity index (χ0n) is 14.7. The largest absolute Gasteiger partial charge is 0.484 e. The Morgan fingerprint density at radius 3 is 2.33 bits per heavy atom. The first-order valence-electron chi connectivity index (χ1n) is 8.30. The minimum absolute atomic E-state index is 0.0267. The van der Waals surface area contributed by atoms with Crippen LogP contribution in [-0.2, 0) is 11.2 Å². The van der Waals surface area contributed by atoms with E-state index in [0.717, 1.165) is 6.42 Å². The van der Waals surface area contributed by atoms with E-state index in [2.05, 4.69) is 41.4 Å². The molecular weight excluding hydrogens is 300 g/mol. The third-order valence-electron chi connectivity index (χ3n) is 4.00. The molecule has 4 heteroatoms. The molecule has 0 aliphatic carbocycles. The lowest BCUT2D eigenvalue weighted by atomic mass is 10.0. The third-order valence-corrected chi connectivity index (χ3v) is 4.00. The number of carbonyl (C=O) groups is 1. The van der Waals surface area contributed by atoms with Crippen LogP contribution < -0.4 is 10.1 Å². The van der Waals surface area contributed by atoms with Gasteiger partial charge in [0.05, 0.1) is 6.04 Å². The Bertz CT molecular complexity index is 624. The summed E-state index contributed by atoms with van der Waals surface area (Å²) in [7, 11) is 4.04. The number of likely N-dealkylation sites (N-methyl/N-ethyl adjacent to an activating group) is 1. The van der Waals surface area contributed by atoms with E-state index in [4.69, 9.17) is 4.74 Å². The maximum atomic E-state index is 12.0. The van der Waals surface area contributed by atoms with Crippen LogP contribution in [0.25, 0.3) is 0 Å². The number of hydrogen-bond donors (Lipinski definition) is 1. The SMILES string of the molecule is CCc1ccc(C(CNC(=O)COc2ccccc2)N(C)C)cc1. The van der Waals surface area contributed by atoms with E-state index in [0.29, 0.717) is 12.3 Å². The number of nitrogens with zero attached hydrogens (tertiary/aromatic N) is 1. The van der Waals surface area contributed by atoms with Crippen molar-refractivity contribution >= 4 is 5.91 Å². The average molecular weight is 326 g/mol. The van der Waals surface area contributed by atoms with Gasteiger partial charge >= 0.3 is 0 Å². The van der Waals surface area contributed by atoms with Crippen LogP contribution in [0.1, 0.15) is 24.1 Å². The number of para-hydroxylation sites is 1. The van der Waals surface area contributed by atoms with Crippen molar-refractivity contribution in [2.24, 2.45) is 0 Å². The lowest BCUT2D eigenvalue weighted by Gasteiger charge is -2.25. The summed E-state index contributed by atoms with van der Waals surface area (Å²) in [5.41, 5.74) is 2.51. The Morgan fingerprint density at radius 1 is 1.08 bits per heavy atom. The summed E-state index contributed by atoms with van der Waals surface area (Å²) < 4.78 is 5.47. The van der Waals surface area contributed by atoms with Crippen LogP contribution in [-0.4, -0.2) is 38.1 Å². The van der Waals surface area contributed by atoms with Crippen LogP contribution in [0.2, 0.25) is 0 Å². The number of rotatable bonds is 8. The maximum Gasteiger partial charge on any atom is 0.258 e. The minimum atomic E-state index is -0.115. The highest BCUT2D eigenvalue weighted by Gasteiger charge is 2.15. The van der Waals surface area contributed by atoms with Crippen LogP contribution in [0.15, 0.2) is 54.6 Å². The van der Waals surface area contributed by atoms with Crippen LogP contribution >= 0.6 is 0 Å². The molecule has 0 aliphatic heterocycles. The highest BCUT2D eigenvalue weighted by atomic mass is 16.5. The quantitative estimate of drug-likeness (QED) is 0.811. The lowest BCUT2D eigenvalue weighted by molar-refractivity contribution is -0.123. The Hall–Kier alpha value is -2.33. The number of benzene rings is 2. The first-order chi connectivity index (χ1) is 11.6. The van der Waals surface area contributed by atoms with Crippen LogP contribution in [0, 0.1) is 0 Å². The van der Waals surface area contributed by atoms with Gasteiger partial charge in [-0.2, -0.15) is 0 Å². The van der Waals surface area contributed by atoms with Crippen LogP contribution in [0.3, 0.4) is 0 Å². The van der Waals surface area contributed by atoms with E-state index >= 15 is 0 Å². The van der Waals surface area contributed by atoms with Crippen molar-refractivity contribution in [3.8, 4) is 5.75 Å². The molecule has 0 saturated heterocycles. The maximum absolute atomic E-state index is 12.0. The molecular formula is C20H26N2O2. The molecule has 0 spiro atoms. The molecule has 1 amide bonds. The molecule has 1 atom stereocenters. The van der Waals surface area contributed by atoms with Gasteiger partial charge in [0.1, 0.15) is 5.75 Å². The summed E-state index contributed by atoms with van der Waals surface area (Å²) in [5, 5.41) is 2.96. The van der Waals surface area contributed by atoms with Gasteiger partial charge in [-0.1, -0.05) is 49.4 Å². The third kappa shape index (κ3) is 5.39. The fourth-order valence-corrected chi connectivity index (χ4v) is 2.50. The van der Waals surface area contributed by atoms with Gasteiger partial charge in [-0.25, -0.2) is 0 Å². The number of carbonyl (C=O) groups excluding carboxylic acids is 1. The van der Waals surface area contributed by atoms with Crippen molar-refractivity contribution in [1.29, 1.82) is 0 Å². The molecule has 0 fully saturated rings. The summed E-state index contributed by atoms with van der Waals surface area (Å²) in [4.78, 5) is 14.1. The summed E-state index contributed by atoms with van der Waals surface area (Å²) in [6.45, 7) is 2.72. The van der Waals surface area contributed by atoms with Gasteiger partial charge in [0.15, 0.2) is 6.61 Å². The zero-order chi connectivity index (χ0) is 17.4. The second kappa shape index (κ2) is 9.08. The predicted octanol–water partition coefficient (Wildman–Crippen LogP) is 3.05. The summed E-state index contributed by atoms with van der Waals surface area (Å²) >= 11 is 0. The van der Waals surface area contributed by atoms with Gasteiger partial charge in [0.2, 0.25) is 0 Å². The van der Waals surface area contributed by atoms with Crippen molar-refractivity contribution < 1.29 is 9.53 Å². The molecule has 2 rings (SSSR count). The summed E-state index contributed by atoms with van der Waals surface area (Å²) in [6, 6.07) is 18.1. The molecule has 24 heavy (non-hydrogen) atoms. The number of ether oxygens (including phenoxy) is 1. The Kier molecular flexibility index (Phi) is 6.82. The highest BCUT2D eigenvalue weighted by Crippen LogP contribution is 2.18. The molecule has 4 nitrogen and oxygen atoms in total. The normalized spacial score (nSPS) is 12.0. The molecule has 0 bridgehead atoms. The van der Waals surface area contributed by atoms with E-state index in [-0.39, 0.29) is 18.6 Å². The molecule has 0 radical (unpaired) electrons. The fraction of sp³-hybridized carbons (Fsp3) is 0.350. The topological polar surface area (TPSA) is 41.6 Å². The second-order valence-electron chi connectivity index (χ2n) is 5.98. The van der Waals surface area contributed by atoms with Gasteiger partial charge in [-0.05, 0) is 43.8 Å². The first-order valence-corrected chi connectivity index (χ1v) is 8.30. The molecule has 0 saturated carbocycles. The van der Waals surface area contributed by atoms with Crippen molar-refractivity contribution in [2.75, 3.05) is 27.2 Å². The molecule has 1 N–H and O–H groups in total. The number of nitrogens with one attached hydrogen (secondary N) is 1. The van der Waals surface area contributed by atoms with E-state index in [1.807, 2.05) is 44.4 Å². The van der Waals surface area contributed by atoms with Crippen molar-refractivity contribution in [1.82, 2.24) is 10.2 Å². The van der Waals surface area contributed by atoms with Gasteiger partial charge in [-0.3, -0.25) is 4.79 Å². The van der Waals surface area contributed by atoms with E-state index in [1.165, 1.54) is 11.1 Å². The fourth-order valence-electron chi connectivity index (χ4n) is 2.50. The van der Waals surface area contributed by atoms with E-state index in [1.54, 1.807) is 0 Å². The van der Waals surface area contributed by atoms with Gasteiger partial charge in [-0.15, -0.1) is 0 Å². The smallest absolute Gasteiger partial charge is 0.258 e. The summed E-state index contributed by atoms with van der Waals surface area (Å²) in [6.07, 6.45) is 1.03. The van der Waals surface area contributed by atoms with E-state index in [9.17, 15) is 4.79 Å². The average Bonchev–Trinajstić information content (AvgIpc) is 2.61. The zero-order valence-corrected chi connectivity index (χ0v) is 14.7. The molecule has 2 aromatic rings. The predicted molar refractivity (Wildman–Crippen MR) is 97.2 cm³/mol. The van der Waals surface area contributed by atoms with Crippen LogP contribution in [0.4, 0.5) is 0 Å². The lowest BCUT2D eigenvalue weighted by Crippen LogP contribution is -2.36. The van der Waals surface area contributed by atoms with Crippen molar-refractivity contribution in [3.63, 3.8) is 0 Å². The highest BCUT2D eigenvalue weighted by molar-refractivity contribution is 5.77. The standard InChI is InChI=1S/C20H26N2O2/c1-4-16-10-12-17(13-11-16)19(22(2)3)14-21-20(23)15-24-18-8-6-5-7-9-18/h5-13,19H,4,14-15H2,1-3H3,(H,21,23). The summed E-state index contributed by atoms with van der Waals surface area (Å²) in [5.74, 6) is 0.586. The molecule has 0 aromatic heterocycles. The first kappa shape index (κ1) is 18.0. The molecule has 0 aliphatic rings. The molecule has 2 aromatic carbocycles. The number of amides is 1. The number of aryl methyl sites for hydroxylation is 1. The van der Waals surface area contributed by atoms with Gasteiger partial charge < -0.3 is 15.0 Å². The van der Waals surface area contributed by atoms with Gasteiger partial charge in [0.25, 0.3) is 5.91 Å². The minimum Gasteiger partial charge on any atom is -0.484 e. The van der Waals surface area contributed by atoms with Crippen molar-refractivity contribution in [2.45, 2.75) is 19.4 Å². The molecule has 0 heterocycles. The molecule has 1 unspecified atom stereocenters. The Labute approximate surface area is 144 Å². The second-order valence-corrected chi connectivity index (χ2v) is 5.98. The monoisotopic (exact) mass is 326 g/mol. The molecule has 128 valence electrons. The van der Waals surface area contributed by atoms with E-state index < -0.39 is 0 Å².